The monoisotopic (exact) mass is 426 g/mol. The molecule has 0 fully saturated rings. The standard InChI is InChI=1S/C31H26N2/c1-19-10-9-11-20(2)28(19)29-23-13-6-8-15-27(23)32-30(33-29)21-16-17-26-24(18-21)22-12-5-7-14-25(22)31(26,3)4/h5-18H,1-4H3. The molecule has 0 saturated carbocycles. The van der Waals surface area contributed by atoms with Gasteiger partial charge in [-0.2, -0.15) is 0 Å². The van der Waals surface area contributed by atoms with Crippen LogP contribution < -0.4 is 0 Å². The van der Waals surface area contributed by atoms with E-state index in [1.165, 1.54) is 38.9 Å². The van der Waals surface area contributed by atoms with Gasteiger partial charge in [-0.3, -0.25) is 0 Å². The van der Waals surface area contributed by atoms with Gasteiger partial charge in [-0.05, 0) is 59.4 Å². The highest BCUT2D eigenvalue weighted by molar-refractivity contribution is 5.95. The van der Waals surface area contributed by atoms with E-state index in [-0.39, 0.29) is 5.41 Å². The van der Waals surface area contributed by atoms with Crippen molar-refractivity contribution in [3.63, 3.8) is 0 Å². The van der Waals surface area contributed by atoms with Crippen molar-refractivity contribution in [1.29, 1.82) is 0 Å². The van der Waals surface area contributed by atoms with Gasteiger partial charge in [0.2, 0.25) is 0 Å². The van der Waals surface area contributed by atoms with Crippen LogP contribution in [0.25, 0.3) is 44.7 Å². The number of rotatable bonds is 2. The summed E-state index contributed by atoms with van der Waals surface area (Å²) in [4.78, 5) is 10.2. The minimum atomic E-state index is -0.00186. The molecule has 4 aromatic carbocycles. The summed E-state index contributed by atoms with van der Waals surface area (Å²) >= 11 is 0. The van der Waals surface area contributed by atoms with Crippen LogP contribution in [0.1, 0.15) is 36.1 Å². The molecule has 1 aromatic heterocycles. The summed E-state index contributed by atoms with van der Waals surface area (Å²) in [7, 11) is 0. The Kier molecular flexibility index (Phi) is 4.28. The van der Waals surface area contributed by atoms with Gasteiger partial charge in [0.05, 0.1) is 11.2 Å². The largest absolute Gasteiger partial charge is 0.228 e. The number of para-hydroxylation sites is 1. The topological polar surface area (TPSA) is 25.8 Å². The Bertz CT molecular complexity index is 1540. The minimum absolute atomic E-state index is 0.00186. The van der Waals surface area contributed by atoms with Crippen LogP contribution in [-0.2, 0) is 5.41 Å². The third-order valence-electron chi connectivity index (χ3n) is 7.16. The summed E-state index contributed by atoms with van der Waals surface area (Å²) in [6, 6.07) is 30.2. The maximum absolute atomic E-state index is 5.17. The highest BCUT2D eigenvalue weighted by Gasteiger charge is 2.35. The molecule has 160 valence electrons. The van der Waals surface area contributed by atoms with Gasteiger partial charge < -0.3 is 0 Å². The van der Waals surface area contributed by atoms with Crippen LogP contribution in [0.5, 0.6) is 0 Å². The third-order valence-corrected chi connectivity index (χ3v) is 7.16. The molecule has 0 bridgehead atoms. The van der Waals surface area contributed by atoms with Gasteiger partial charge in [-0.25, -0.2) is 9.97 Å². The van der Waals surface area contributed by atoms with Gasteiger partial charge in [-0.15, -0.1) is 0 Å². The van der Waals surface area contributed by atoms with Crippen LogP contribution in [0.15, 0.2) is 84.9 Å². The lowest BCUT2D eigenvalue weighted by Gasteiger charge is -2.21. The fraction of sp³-hybridized carbons (Fsp3) is 0.161. The Morgan fingerprint density at radius 2 is 1.33 bits per heavy atom. The van der Waals surface area contributed by atoms with E-state index in [2.05, 4.69) is 113 Å². The smallest absolute Gasteiger partial charge is 0.160 e. The first kappa shape index (κ1) is 19.9. The lowest BCUT2D eigenvalue weighted by Crippen LogP contribution is -2.14. The SMILES string of the molecule is Cc1cccc(C)c1-c1nc(-c2ccc3c(c2)-c2ccccc2C3(C)C)nc2ccccc12. The van der Waals surface area contributed by atoms with Crippen LogP contribution in [-0.4, -0.2) is 9.97 Å². The maximum atomic E-state index is 5.17. The van der Waals surface area contributed by atoms with Gasteiger partial charge in [0.1, 0.15) is 0 Å². The van der Waals surface area contributed by atoms with Gasteiger partial charge in [0, 0.05) is 21.9 Å². The number of hydrogen-bond acceptors (Lipinski definition) is 2. The number of hydrogen-bond donors (Lipinski definition) is 0. The molecule has 1 heterocycles. The molecule has 0 spiro atoms. The first-order valence-corrected chi connectivity index (χ1v) is 11.5. The van der Waals surface area contributed by atoms with Crippen LogP contribution >= 0.6 is 0 Å². The second kappa shape index (κ2) is 7.11. The Labute approximate surface area is 195 Å². The maximum Gasteiger partial charge on any atom is 0.160 e. The van der Waals surface area contributed by atoms with E-state index in [0.717, 1.165) is 28.0 Å². The summed E-state index contributed by atoms with van der Waals surface area (Å²) in [5, 5.41) is 1.09. The molecule has 5 aromatic rings. The predicted molar refractivity (Wildman–Crippen MR) is 137 cm³/mol. The summed E-state index contributed by atoms with van der Waals surface area (Å²) < 4.78 is 0. The fourth-order valence-corrected chi connectivity index (χ4v) is 5.44. The Balaban J connectivity index is 1.61. The van der Waals surface area contributed by atoms with Crippen molar-refractivity contribution in [3.8, 4) is 33.8 Å². The molecule has 6 rings (SSSR count). The average molecular weight is 427 g/mol. The molecule has 0 unspecified atom stereocenters. The zero-order valence-corrected chi connectivity index (χ0v) is 19.5. The summed E-state index contributed by atoms with van der Waals surface area (Å²) in [6.07, 6.45) is 0. The fourth-order valence-electron chi connectivity index (χ4n) is 5.44. The van der Waals surface area contributed by atoms with Crippen molar-refractivity contribution in [2.24, 2.45) is 0 Å². The molecule has 0 saturated heterocycles. The summed E-state index contributed by atoms with van der Waals surface area (Å²) in [5.74, 6) is 0.774. The van der Waals surface area contributed by atoms with Gasteiger partial charge in [0.15, 0.2) is 5.82 Å². The zero-order valence-electron chi connectivity index (χ0n) is 19.5. The van der Waals surface area contributed by atoms with Crippen LogP contribution in [0.4, 0.5) is 0 Å². The van der Waals surface area contributed by atoms with E-state index in [9.17, 15) is 0 Å². The van der Waals surface area contributed by atoms with E-state index in [1.54, 1.807) is 0 Å². The predicted octanol–water partition coefficient (Wildman–Crippen LogP) is 7.89. The van der Waals surface area contributed by atoms with Crippen molar-refractivity contribution >= 4 is 10.9 Å². The highest BCUT2D eigenvalue weighted by atomic mass is 14.9. The van der Waals surface area contributed by atoms with Crippen molar-refractivity contribution in [2.75, 3.05) is 0 Å². The second-order valence-electron chi connectivity index (χ2n) is 9.61. The first-order valence-electron chi connectivity index (χ1n) is 11.5. The van der Waals surface area contributed by atoms with Gasteiger partial charge >= 0.3 is 0 Å². The van der Waals surface area contributed by atoms with Crippen LogP contribution in [0.2, 0.25) is 0 Å². The molecule has 2 nitrogen and oxygen atoms in total. The number of nitrogens with zero attached hydrogens (tertiary/aromatic N) is 2. The lowest BCUT2D eigenvalue weighted by molar-refractivity contribution is 0.660. The van der Waals surface area contributed by atoms with Gasteiger partial charge in [-0.1, -0.05) is 86.6 Å². The summed E-state index contributed by atoms with van der Waals surface area (Å²) in [6.45, 7) is 8.94. The van der Waals surface area contributed by atoms with Gasteiger partial charge in [0.25, 0.3) is 0 Å². The van der Waals surface area contributed by atoms with Crippen molar-refractivity contribution < 1.29 is 0 Å². The molecule has 33 heavy (non-hydrogen) atoms. The van der Waals surface area contributed by atoms with Crippen molar-refractivity contribution in [2.45, 2.75) is 33.1 Å². The normalized spacial score (nSPS) is 13.7. The zero-order chi connectivity index (χ0) is 22.7. The number of fused-ring (bicyclic) bond motifs is 4. The van der Waals surface area contributed by atoms with E-state index < -0.39 is 0 Å². The Hall–Kier alpha value is -3.78. The molecular formula is C31H26N2. The molecular weight excluding hydrogens is 400 g/mol. The van der Waals surface area contributed by atoms with E-state index in [4.69, 9.17) is 9.97 Å². The molecule has 1 aliphatic carbocycles. The quantitative estimate of drug-likeness (QED) is 0.287. The summed E-state index contributed by atoms with van der Waals surface area (Å²) in [5.41, 5.74) is 12.0. The third kappa shape index (κ3) is 2.94. The van der Waals surface area contributed by atoms with E-state index in [0.29, 0.717) is 0 Å². The number of aromatic nitrogens is 2. The van der Waals surface area contributed by atoms with E-state index in [1.807, 2.05) is 0 Å². The molecule has 0 N–H and O–H groups in total. The second-order valence-corrected chi connectivity index (χ2v) is 9.61. The Morgan fingerprint density at radius 1 is 0.636 bits per heavy atom. The molecule has 0 radical (unpaired) electrons. The molecule has 0 atom stereocenters. The van der Waals surface area contributed by atoms with Crippen molar-refractivity contribution in [1.82, 2.24) is 9.97 Å². The number of benzene rings is 4. The van der Waals surface area contributed by atoms with Crippen LogP contribution in [0, 0.1) is 13.8 Å². The lowest BCUT2D eigenvalue weighted by atomic mass is 9.82. The van der Waals surface area contributed by atoms with Crippen LogP contribution in [0.3, 0.4) is 0 Å². The molecule has 2 heteroatoms. The van der Waals surface area contributed by atoms with Crippen molar-refractivity contribution in [3.05, 3.63) is 107 Å². The minimum Gasteiger partial charge on any atom is -0.228 e. The average Bonchev–Trinajstić information content (AvgIpc) is 3.05. The van der Waals surface area contributed by atoms with E-state index >= 15 is 0 Å². The molecule has 0 amide bonds. The molecule has 1 aliphatic rings. The Morgan fingerprint density at radius 3 is 2.15 bits per heavy atom. The molecule has 0 aliphatic heterocycles. The highest BCUT2D eigenvalue weighted by Crippen LogP contribution is 2.49. The first-order chi connectivity index (χ1) is 15.9. The number of aryl methyl sites for hydroxylation is 2.